The van der Waals surface area contributed by atoms with Gasteiger partial charge in [0.2, 0.25) is 0 Å². The molecule has 2 unspecified atom stereocenters. The summed E-state index contributed by atoms with van der Waals surface area (Å²) in [6.45, 7) is 1.53. The van der Waals surface area contributed by atoms with Gasteiger partial charge in [0.25, 0.3) is 0 Å². The molecule has 1 saturated heterocycles. The van der Waals surface area contributed by atoms with Crippen LogP contribution < -0.4 is 5.32 Å². The minimum Gasteiger partial charge on any atom is -0.481 e. The van der Waals surface area contributed by atoms with Crippen LogP contribution in [0.4, 0.5) is 0 Å². The number of fused-ring (bicyclic) bond motifs is 2. The van der Waals surface area contributed by atoms with E-state index >= 15 is 0 Å². The average Bonchev–Trinajstić information content (AvgIpc) is 2.02. The molecule has 13 heavy (non-hydrogen) atoms. The molecule has 74 valence electrons. The molecule has 1 saturated carbocycles. The molecule has 2 atom stereocenters. The van der Waals surface area contributed by atoms with Gasteiger partial charge in [-0.25, -0.2) is 0 Å². The molecule has 0 aromatic rings. The van der Waals surface area contributed by atoms with E-state index in [1.165, 1.54) is 0 Å². The Hall–Kier alpha value is -0.610. The van der Waals surface area contributed by atoms with Crippen molar-refractivity contribution in [3.05, 3.63) is 0 Å². The van der Waals surface area contributed by atoms with Crippen LogP contribution in [0.2, 0.25) is 0 Å². The van der Waals surface area contributed by atoms with Crippen molar-refractivity contribution in [1.29, 1.82) is 0 Å². The fourth-order valence-corrected chi connectivity index (χ4v) is 2.55. The van der Waals surface area contributed by atoms with Gasteiger partial charge >= 0.3 is 5.97 Å². The summed E-state index contributed by atoms with van der Waals surface area (Å²) in [5.74, 6) is -0.647. The molecule has 3 N–H and O–H groups in total. The van der Waals surface area contributed by atoms with Crippen molar-refractivity contribution in [3.63, 3.8) is 0 Å². The number of rotatable bonds is 1. The van der Waals surface area contributed by atoms with Crippen LogP contribution in [0.3, 0.4) is 0 Å². The lowest BCUT2D eigenvalue weighted by atomic mass is 9.71. The summed E-state index contributed by atoms with van der Waals surface area (Å²) in [6, 6.07) is 0. The van der Waals surface area contributed by atoms with Crippen molar-refractivity contribution in [2.24, 2.45) is 17.8 Å². The van der Waals surface area contributed by atoms with E-state index in [-0.39, 0.29) is 23.9 Å². The van der Waals surface area contributed by atoms with Crippen LogP contribution in [0.1, 0.15) is 12.8 Å². The van der Waals surface area contributed by atoms with Gasteiger partial charge in [0.05, 0.1) is 12.0 Å². The molecule has 2 rings (SSSR count). The van der Waals surface area contributed by atoms with E-state index in [2.05, 4.69) is 5.32 Å². The van der Waals surface area contributed by atoms with Crippen LogP contribution >= 0.6 is 0 Å². The zero-order valence-corrected chi connectivity index (χ0v) is 7.44. The molecule has 1 aliphatic heterocycles. The molecule has 0 aromatic heterocycles. The Morgan fingerprint density at radius 1 is 1.23 bits per heavy atom. The Bertz CT molecular complexity index is 205. The van der Waals surface area contributed by atoms with E-state index in [0.717, 1.165) is 13.1 Å². The lowest BCUT2D eigenvalue weighted by molar-refractivity contribution is -0.147. The number of carbonyl (C=O) groups is 1. The number of aliphatic hydroxyl groups is 1. The van der Waals surface area contributed by atoms with Gasteiger partial charge < -0.3 is 15.5 Å². The van der Waals surface area contributed by atoms with E-state index < -0.39 is 5.97 Å². The number of carboxylic acid groups (broad SMARTS) is 1. The van der Waals surface area contributed by atoms with Crippen molar-refractivity contribution in [3.8, 4) is 0 Å². The quantitative estimate of drug-likeness (QED) is 0.523. The van der Waals surface area contributed by atoms with Crippen LogP contribution in [-0.2, 0) is 4.79 Å². The number of carboxylic acids is 1. The first-order valence-corrected chi connectivity index (χ1v) is 4.80. The Labute approximate surface area is 76.9 Å². The molecular formula is C9H15NO3. The second-order valence-electron chi connectivity index (χ2n) is 4.18. The average molecular weight is 185 g/mol. The molecule has 2 fully saturated rings. The molecule has 1 heterocycles. The number of aliphatic carboxylic acids is 1. The maximum Gasteiger partial charge on any atom is 0.306 e. The molecule has 2 aliphatic rings. The fourth-order valence-electron chi connectivity index (χ4n) is 2.55. The van der Waals surface area contributed by atoms with Gasteiger partial charge in [0.15, 0.2) is 0 Å². The largest absolute Gasteiger partial charge is 0.481 e. The molecule has 4 nitrogen and oxygen atoms in total. The molecule has 2 bridgehead atoms. The van der Waals surface area contributed by atoms with Crippen LogP contribution in [0, 0.1) is 17.8 Å². The summed E-state index contributed by atoms with van der Waals surface area (Å²) >= 11 is 0. The maximum atomic E-state index is 10.8. The molecular weight excluding hydrogens is 170 g/mol. The van der Waals surface area contributed by atoms with Gasteiger partial charge in [-0.2, -0.15) is 0 Å². The highest BCUT2D eigenvalue weighted by Gasteiger charge is 2.41. The molecule has 0 radical (unpaired) electrons. The van der Waals surface area contributed by atoms with Gasteiger partial charge in [-0.1, -0.05) is 0 Å². The number of nitrogens with one attached hydrogen (secondary N) is 1. The zero-order valence-electron chi connectivity index (χ0n) is 7.44. The normalized spacial score (nSPS) is 44.4. The first kappa shape index (κ1) is 8.97. The van der Waals surface area contributed by atoms with E-state index in [1.54, 1.807) is 0 Å². The summed E-state index contributed by atoms with van der Waals surface area (Å²) in [7, 11) is 0. The number of aliphatic hydroxyl groups excluding tert-OH is 1. The van der Waals surface area contributed by atoms with Gasteiger partial charge in [-0.05, 0) is 24.7 Å². The second-order valence-corrected chi connectivity index (χ2v) is 4.18. The van der Waals surface area contributed by atoms with Crippen molar-refractivity contribution >= 4 is 5.97 Å². The Morgan fingerprint density at radius 2 is 1.77 bits per heavy atom. The minimum absolute atomic E-state index is 0.147. The monoisotopic (exact) mass is 185 g/mol. The zero-order chi connectivity index (χ0) is 9.42. The summed E-state index contributed by atoms with van der Waals surface area (Å²) < 4.78 is 0. The smallest absolute Gasteiger partial charge is 0.306 e. The standard InChI is InChI=1S/C9H15NO3/c11-8-6-1-5(9(12)13)2-7(8)4-10-3-6/h5-8,10-11H,1-4H2,(H,12,13). The highest BCUT2D eigenvalue weighted by Crippen LogP contribution is 2.35. The third-order valence-corrected chi connectivity index (χ3v) is 3.30. The number of hydrogen-bond acceptors (Lipinski definition) is 3. The van der Waals surface area contributed by atoms with Gasteiger partial charge in [-0.3, -0.25) is 4.79 Å². The predicted molar refractivity (Wildman–Crippen MR) is 46.2 cm³/mol. The highest BCUT2D eigenvalue weighted by atomic mass is 16.4. The Kier molecular flexibility index (Phi) is 2.26. The van der Waals surface area contributed by atoms with Gasteiger partial charge in [0.1, 0.15) is 0 Å². The molecule has 0 amide bonds. The Balaban J connectivity index is 2.07. The van der Waals surface area contributed by atoms with E-state index in [9.17, 15) is 9.90 Å². The Morgan fingerprint density at radius 3 is 2.23 bits per heavy atom. The minimum atomic E-state index is -0.705. The molecule has 4 heteroatoms. The molecule has 1 aliphatic carbocycles. The lowest BCUT2D eigenvalue weighted by Crippen LogP contribution is -2.52. The van der Waals surface area contributed by atoms with Gasteiger partial charge in [-0.15, -0.1) is 0 Å². The highest BCUT2D eigenvalue weighted by molar-refractivity contribution is 5.70. The topological polar surface area (TPSA) is 69.6 Å². The summed E-state index contributed by atoms with van der Waals surface area (Å²) in [4.78, 5) is 10.8. The SMILES string of the molecule is O=C(O)C1CC2CNCC(C1)C2O. The van der Waals surface area contributed by atoms with Crippen molar-refractivity contribution < 1.29 is 15.0 Å². The number of hydrogen-bond donors (Lipinski definition) is 3. The van der Waals surface area contributed by atoms with E-state index in [0.29, 0.717) is 12.8 Å². The van der Waals surface area contributed by atoms with Crippen molar-refractivity contribution in [2.45, 2.75) is 18.9 Å². The van der Waals surface area contributed by atoms with Gasteiger partial charge in [0, 0.05) is 13.1 Å². The lowest BCUT2D eigenvalue weighted by Gasteiger charge is -2.42. The summed E-state index contributed by atoms with van der Waals surface area (Å²) in [5.41, 5.74) is 0. The first-order valence-electron chi connectivity index (χ1n) is 4.80. The fraction of sp³-hybridized carbons (Fsp3) is 0.889. The van der Waals surface area contributed by atoms with Crippen LogP contribution in [0.25, 0.3) is 0 Å². The van der Waals surface area contributed by atoms with E-state index in [4.69, 9.17) is 5.11 Å². The molecule has 0 aromatic carbocycles. The van der Waals surface area contributed by atoms with E-state index in [1.807, 2.05) is 0 Å². The predicted octanol–water partition coefficient (Wildman–Crippen LogP) is -0.323. The third-order valence-electron chi connectivity index (χ3n) is 3.30. The van der Waals surface area contributed by atoms with Crippen LogP contribution in [0.5, 0.6) is 0 Å². The van der Waals surface area contributed by atoms with Crippen molar-refractivity contribution in [1.82, 2.24) is 5.32 Å². The first-order chi connectivity index (χ1) is 6.18. The second kappa shape index (κ2) is 3.27. The number of piperidine rings is 1. The van der Waals surface area contributed by atoms with Crippen LogP contribution in [0.15, 0.2) is 0 Å². The van der Waals surface area contributed by atoms with Crippen LogP contribution in [-0.4, -0.2) is 35.4 Å². The van der Waals surface area contributed by atoms with Crippen molar-refractivity contribution in [2.75, 3.05) is 13.1 Å². The maximum absolute atomic E-state index is 10.8. The molecule has 0 spiro atoms. The summed E-state index contributed by atoms with van der Waals surface area (Å²) in [5, 5.41) is 21.9. The third kappa shape index (κ3) is 1.56. The summed E-state index contributed by atoms with van der Waals surface area (Å²) in [6.07, 6.45) is 0.969.